The van der Waals surface area contributed by atoms with E-state index in [1.807, 2.05) is 30.3 Å². The first-order valence-electron chi connectivity index (χ1n) is 7.68. The lowest BCUT2D eigenvalue weighted by Crippen LogP contribution is -2.38. The Labute approximate surface area is 138 Å². The van der Waals surface area contributed by atoms with Gasteiger partial charge in [-0.3, -0.25) is 9.59 Å². The number of nitrogens with one attached hydrogen (secondary N) is 1. The summed E-state index contributed by atoms with van der Waals surface area (Å²) in [4.78, 5) is 27.6. The van der Waals surface area contributed by atoms with Gasteiger partial charge >= 0.3 is 5.97 Å². The molecule has 0 atom stereocenters. The molecule has 3 rings (SSSR count). The summed E-state index contributed by atoms with van der Waals surface area (Å²) in [6, 6.07) is 9.80. The molecule has 1 amide bonds. The van der Waals surface area contributed by atoms with Gasteiger partial charge < -0.3 is 10.4 Å². The second kappa shape index (κ2) is 6.91. The van der Waals surface area contributed by atoms with E-state index in [9.17, 15) is 9.59 Å². The van der Waals surface area contributed by atoms with Crippen LogP contribution in [-0.2, 0) is 4.79 Å². The largest absolute Gasteiger partial charge is 0.481 e. The van der Waals surface area contributed by atoms with Crippen molar-refractivity contribution in [2.24, 2.45) is 5.92 Å². The molecule has 23 heavy (non-hydrogen) atoms. The van der Waals surface area contributed by atoms with Gasteiger partial charge in [0, 0.05) is 17.0 Å². The molecule has 2 N–H and O–H groups in total. The zero-order valence-electron chi connectivity index (χ0n) is 12.6. The summed E-state index contributed by atoms with van der Waals surface area (Å²) in [6.45, 7) is 0. The Morgan fingerprint density at radius 2 is 1.83 bits per heavy atom. The minimum absolute atomic E-state index is 0.0416. The van der Waals surface area contributed by atoms with Crippen molar-refractivity contribution in [3.63, 3.8) is 0 Å². The topological polar surface area (TPSA) is 79.3 Å². The van der Waals surface area contributed by atoms with E-state index >= 15 is 0 Å². The summed E-state index contributed by atoms with van der Waals surface area (Å²) in [5, 5.41) is 14.6. The average Bonchev–Trinajstić information content (AvgIpc) is 3.06. The maximum atomic E-state index is 12.3. The summed E-state index contributed by atoms with van der Waals surface area (Å²) >= 11 is 1.45. The van der Waals surface area contributed by atoms with Crippen molar-refractivity contribution in [1.82, 2.24) is 10.3 Å². The molecule has 1 aromatic carbocycles. The number of aliphatic carboxylic acids is 1. The molecule has 6 heteroatoms. The number of carbonyl (C=O) groups excluding carboxylic acids is 1. The van der Waals surface area contributed by atoms with E-state index in [0.717, 1.165) is 10.6 Å². The maximum Gasteiger partial charge on any atom is 0.306 e. The van der Waals surface area contributed by atoms with E-state index < -0.39 is 5.97 Å². The smallest absolute Gasteiger partial charge is 0.306 e. The predicted octanol–water partition coefficient (Wildman–Crippen LogP) is 3.18. The molecule has 1 heterocycles. The van der Waals surface area contributed by atoms with Crippen LogP contribution in [0.1, 0.15) is 36.2 Å². The zero-order chi connectivity index (χ0) is 16.2. The number of carboxylic acids is 1. The zero-order valence-corrected chi connectivity index (χ0v) is 13.4. The molecule has 1 aliphatic rings. The molecule has 0 aliphatic heterocycles. The number of hydrogen-bond acceptors (Lipinski definition) is 4. The monoisotopic (exact) mass is 330 g/mol. The minimum Gasteiger partial charge on any atom is -0.481 e. The van der Waals surface area contributed by atoms with Gasteiger partial charge in [0.2, 0.25) is 0 Å². The number of aromatic nitrogens is 1. The maximum absolute atomic E-state index is 12.3. The third-order valence-corrected chi connectivity index (χ3v) is 5.06. The predicted molar refractivity (Wildman–Crippen MR) is 88.4 cm³/mol. The van der Waals surface area contributed by atoms with Gasteiger partial charge in [-0.05, 0) is 25.7 Å². The van der Waals surface area contributed by atoms with Crippen LogP contribution < -0.4 is 5.32 Å². The third-order valence-electron chi connectivity index (χ3n) is 4.17. The fraction of sp³-hybridized carbons (Fsp3) is 0.353. The van der Waals surface area contributed by atoms with Crippen molar-refractivity contribution in [2.75, 3.05) is 0 Å². The molecule has 0 bridgehead atoms. The number of carbonyl (C=O) groups is 2. The van der Waals surface area contributed by atoms with Gasteiger partial charge in [-0.1, -0.05) is 30.3 Å². The first-order valence-corrected chi connectivity index (χ1v) is 8.56. The molecular formula is C17H18N2O3S. The summed E-state index contributed by atoms with van der Waals surface area (Å²) in [5.41, 5.74) is 1.42. The molecule has 1 aliphatic carbocycles. The lowest BCUT2D eigenvalue weighted by atomic mass is 9.86. The van der Waals surface area contributed by atoms with E-state index in [1.54, 1.807) is 5.38 Å². The van der Waals surface area contributed by atoms with Crippen molar-refractivity contribution in [1.29, 1.82) is 0 Å². The summed E-state index contributed by atoms with van der Waals surface area (Å²) in [7, 11) is 0. The van der Waals surface area contributed by atoms with Crippen LogP contribution in [-0.4, -0.2) is 28.0 Å². The van der Waals surface area contributed by atoms with E-state index in [1.165, 1.54) is 11.3 Å². The number of hydrogen-bond donors (Lipinski definition) is 2. The van der Waals surface area contributed by atoms with Gasteiger partial charge in [-0.25, -0.2) is 4.98 Å². The van der Waals surface area contributed by atoms with Gasteiger partial charge in [-0.15, -0.1) is 11.3 Å². The molecule has 120 valence electrons. The number of rotatable bonds is 4. The highest BCUT2D eigenvalue weighted by atomic mass is 32.1. The molecule has 1 saturated carbocycles. The number of carboxylic acid groups (broad SMARTS) is 1. The van der Waals surface area contributed by atoms with E-state index in [2.05, 4.69) is 10.3 Å². The van der Waals surface area contributed by atoms with Gasteiger partial charge in [0.15, 0.2) is 0 Å². The van der Waals surface area contributed by atoms with Crippen molar-refractivity contribution < 1.29 is 14.7 Å². The molecule has 0 unspecified atom stereocenters. The Balaban J connectivity index is 1.59. The number of thiazole rings is 1. The molecule has 0 spiro atoms. The van der Waals surface area contributed by atoms with Crippen LogP contribution in [0.25, 0.3) is 10.6 Å². The quantitative estimate of drug-likeness (QED) is 0.902. The van der Waals surface area contributed by atoms with Crippen molar-refractivity contribution in [3.05, 3.63) is 41.4 Å². The highest BCUT2D eigenvalue weighted by Gasteiger charge is 2.27. The molecule has 0 radical (unpaired) electrons. The van der Waals surface area contributed by atoms with E-state index in [0.29, 0.717) is 31.4 Å². The minimum atomic E-state index is -0.734. The Kier molecular flexibility index (Phi) is 4.71. The van der Waals surface area contributed by atoms with Crippen LogP contribution >= 0.6 is 11.3 Å². The van der Waals surface area contributed by atoms with Gasteiger partial charge in [0.05, 0.1) is 5.92 Å². The van der Waals surface area contributed by atoms with Gasteiger partial charge in [-0.2, -0.15) is 0 Å². The van der Waals surface area contributed by atoms with Crippen LogP contribution in [0.3, 0.4) is 0 Å². The Morgan fingerprint density at radius 3 is 2.48 bits per heavy atom. The molecule has 1 fully saturated rings. The number of nitrogens with zero attached hydrogens (tertiary/aromatic N) is 1. The summed E-state index contributed by atoms with van der Waals surface area (Å²) < 4.78 is 0. The first-order chi connectivity index (χ1) is 11.1. The van der Waals surface area contributed by atoms with Gasteiger partial charge in [0.1, 0.15) is 10.7 Å². The van der Waals surface area contributed by atoms with Crippen LogP contribution in [0.15, 0.2) is 35.7 Å². The first kappa shape index (κ1) is 15.7. The second-order valence-electron chi connectivity index (χ2n) is 5.76. The second-order valence-corrected chi connectivity index (χ2v) is 6.62. The van der Waals surface area contributed by atoms with Gasteiger partial charge in [0.25, 0.3) is 5.91 Å². The third kappa shape index (κ3) is 3.76. The fourth-order valence-electron chi connectivity index (χ4n) is 2.84. The summed E-state index contributed by atoms with van der Waals surface area (Å²) in [6.07, 6.45) is 2.65. The van der Waals surface area contributed by atoms with Crippen molar-refractivity contribution >= 4 is 23.2 Å². The highest BCUT2D eigenvalue weighted by Crippen LogP contribution is 2.26. The average molecular weight is 330 g/mol. The molecular weight excluding hydrogens is 312 g/mol. The van der Waals surface area contributed by atoms with E-state index in [4.69, 9.17) is 5.11 Å². The van der Waals surface area contributed by atoms with Crippen molar-refractivity contribution in [3.8, 4) is 10.6 Å². The van der Waals surface area contributed by atoms with Crippen LogP contribution in [0, 0.1) is 5.92 Å². The Hall–Kier alpha value is -2.21. The van der Waals surface area contributed by atoms with Crippen LogP contribution in [0.5, 0.6) is 0 Å². The van der Waals surface area contributed by atoms with E-state index in [-0.39, 0.29) is 17.9 Å². The normalized spacial score (nSPS) is 20.9. The number of amides is 1. The highest BCUT2D eigenvalue weighted by molar-refractivity contribution is 7.13. The van der Waals surface area contributed by atoms with Crippen LogP contribution in [0.4, 0.5) is 0 Å². The lowest BCUT2D eigenvalue weighted by molar-refractivity contribution is -0.142. The summed E-state index contributed by atoms with van der Waals surface area (Å²) in [5.74, 6) is -1.18. The lowest BCUT2D eigenvalue weighted by Gasteiger charge is -2.26. The standard InChI is InChI=1S/C17H18N2O3S/c20-15(18-13-8-6-12(7-9-13)17(21)22)14-10-23-16(19-14)11-4-2-1-3-5-11/h1-5,10,12-13H,6-9H2,(H,18,20)(H,21,22). The van der Waals surface area contributed by atoms with Crippen molar-refractivity contribution in [2.45, 2.75) is 31.7 Å². The SMILES string of the molecule is O=C(NC1CCC(C(=O)O)CC1)c1csc(-c2ccccc2)n1. The molecule has 2 aromatic rings. The fourth-order valence-corrected chi connectivity index (χ4v) is 3.64. The molecule has 5 nitrogen and oxygen atoms in total. The molecule has 0 saturated heterocycles. The Bertz CT molecular complexity index is 691. The number of benzene rings is 1. The Morgan fingerprint density at radius 1 is 1.13 bits per heavy atom. The molecule has 1 aromatic heterocycles. The van der Waals surface area contributed by atoms with Crippen LogP contribution in [0.2, 0.25) is 0 Å².